The SMILES string of the molecule is CC[C@@H](NC(=O)[C@@H](C)Oc1cccc(Cl)c1)c1ccc(C)cc1C. The van der Waals surface area contributed by atoms with Crippen molar-refractivity contribution in [2.24, 2.45) is 0 Å². The van der Waals surface area contributed by atoms with Crippen LogP contribution in [0.3, 0.4) is 0 Å². The number of rotatable bonds is 6. The Morgan fingerprint density at radius 3 is 2.58 bits per heavy atom. The molecule has 128 valence electrons. The predicted octanol–water partition coefficient (Wildman–Crippen LogP) is 4.99. The minimum absolute atomic E-state index is 0.0245. The number of nitrogens with one attached hydrogen (secondary N) is 1. The molecule has 2 atom stereocenters. The third-order valence-corrected chi connectivity index (χ3v) is 4.24. The summed E-state index contributed by atoms with van der Waals surface area (Å²) in [5, 5.41) is 3.67. The fourth-order valence-corrected chi connectivity index (χ4v) is 2.88. The highest BCUT2D eigenvalue weighted by atomic mass is 35.5. The lowest BCUT2D eigenvalue weighted by Gasteiger charge is -2.22. The Morgan fingerprint density at radius 1 is 1.21 bits per heavy atom. The second-order valence-electron chi connectivity index (χ2n) is 6.05. The molecule has 3 nitrogen and oxygen atoms in total. The molecule has 0 fully saturated rings. The van der Waals surface area contributed by atoms with Crippen LogP contribution in [-0.2, 0) is 4.79 Å². The maximum Gasteiger partial charge on any atom is 0.261 e. The summed E-state index contributed by atoms with van der Waals surface area (Å²) in [5.74, 6) is 0.450. The molecule has 0 aliphatic heterocycles. The molecule has 0 aliphatic carbocycles. The van der Waals surface area contributed by atoms with Gasteiger partial charge in [-0.05, 0) is 56.5 Å². The maximum atomic E-state index is 12.5. The van der Waals surface area contributed by atoms with Gasteiger partial charge in [-0.25, -0.2) is 0 Å². The molecular weight excluding hydrogens is 322 g/mol. The third-order valence-electron chi connectivity index (χ3n) is 4.00. The van der Waals surface area contributed by atoms with Gasteiger partial charge >= 0.3 is 0 Å². The molecular formula is C20H24ClNO2. The summed E-state index contributed by atoms with van der Waals surface area (Å²) in [4.78, 5) is 12.5. The first kappa shape index (κ1) is 18.3. The van der Waals surface area contributed by atoms with E-state index in [4.69, 9.17) is 16.3 Å². The van der Waals surface area contributed by atoms with E-state index in [1.165, 1.54) is 11.1 Å². The summed E-state index contributed by atoms with van der Waals surface area (Å²) in [6.07, 6.45) is 0.225. The summed E-state index contributed by atoms with van der Waals surface area (Å²) in [5.41, 5.74) is 3.55. The summed E-state index contributed by atoms with van der Waals surface area (Å²) in [6.45, 7) is 7.94. The Morgan fingerprint density at radius 2 is 1.96 bits per heavy atom. The van der Waals surface area contributed by atoms with Crippen LogP contribution in [0.15, 0.2) is 42.5 Å². The topological polar surface area (TPSA) is 38.3 Å². The van der Waals surface area contributed by atoms with Gasteiger partial charge in [-0.2, -0.15) is 0 Å². The van der Waals surface area contributed by atoms with Crippen molar-refractivity contribution in [2.45, 2.75) is 46.3 Å². The van der Waals surface area contributed by atoms with Crippen molar-refractivity contribution >= 4 is 17.5 Å². The highest BCUT2D eigenvalue weighted by molar-refractivity contribution is 6.30. The lowest BCUT2D eigenvalue weighted by atomic mass is 9.97. The van der Waals surface area contributed by atoms with E-state index in [2.05, 4.69) is 44.3 Å². The minimum Gasteiger partial charge on any atom is -0.481 e. The minimum atomic E-state index is -0.594. The van der Waals surface area contributed by atoms with E-state index in [0.717, 1.165) is 12.0 Å². The van der Waals surface area contributed by atoms with E-state index in [1.807, 2.05) is 0 Å². The number of hydrogen-bond donors (Lipinski definition) is 1. The van der Waals surface area contributed by atoms with Crippen LogP contribution in [0.4, 0.5) is 0 Å². The summed E-state index contributed by atoms with van der Waals surface area (Å²) < 4.78 is 5.69. The van der Waals surface area contributed by atoms with Crippen LogP contribution >= 0.6 is 11.6 Å². The van der Waals surface area contributed by atoms with Gasteiger partial charge in [0.2, 0.25) is 0 Å². The van der Waals surface area contributed by atoms with Crippen LogP contribution in [0.25, 0.3) is 0 Å². The predicted molar refractivity (Wildman–Crippen MR) is 98.6 cm³/mol. The second-order valence-corrected chi connectivity index (χ2v) is 6.48. The number of carbonyl (C=O) groups is 1. The maximum absolute atomic E-state index is 12.5. The van der Waals surface area contributed by atoms with Crippen LogP contribution in [-0.4, -0.2) is 12.0 Å². The van der Waals surface area contributed by atoms with E-state index in [9.17, 15) is 4.79 Å². The lowest BCUT2D eigenvalue weighted by Crippen LogP contribution is -2.38. The van der Waals surface area contributed by atoms with Gasteiger partial charge in [0.25, 0.3) is 5.91 Å². The molecule has 1 N–H and O–H groups in total. The van der Waals surface area contributed by atoms with Crippen molar-refractivity contribution in [3.63, 3.8) is 0 Å². The third kappa shape index (κ3) is 4.75. The molecule has 4 heteroatoms. The van der Waals surface area contributed by atoms with Crippen molar-refractivity contribution in [3.8, 4) is 5.75 Å². The molecule has 0 aromatic heterocycles. The fourth-order valence-electron chi connectivity index (χ4n) is 2.70. The Labute approximate surface area is 149 Å². The van der Waals surface area contributed by atoms with Gasteiger partial charge in [0.05, 0.1) is 6.04 Å². The molecule has 0 radical (unpaired) electrons. The second kappa shape index (κ2) is 8.20. The highest BCUT2D eigenvalue weighted by Crippen LogP contribution is 2.23. The van der Waals surface area contributed by atoms with E-state index >= 15 is 0 Å². The van der Waals surface area contributed by atoms with Crippen molar-refractivity contribution in [2.75, 3.05) is 0 Å². The van der Waals surface area contributed by atoms with Gasteiger partial charge in [-0.1, -0.05) is 48.4 Å². The number of aryl methyl sites for hydroxylation is 2. The van der Waals surface area contributed by atoms with Crippen LogP contribution < -0.4 is 10.1 Å². The molecule has 0 spiro atoms. The molecule has 24 heavy (non-hydrogen) atoms. The van der Waals surface area contributed by atoms with Crippen LogP contribution in [0, 0.1) is 13.8 Å². The number of hydrogen-bond acceptors (Lipinski definition) is 2. The summed E-state index contributed by atoms with van der Waals surface area (Å²) >= 11 is 5.94. The first-order valence-electron chi connectivity index (χ1n) is 8.20. The van der Waals surface area contributed by atoms with Gasteiger partial charge in [-0.15, -0.1) is 0 Å². The van der Waals surface area contributed by atoms with Gasteiger partial charge in [-0.3, -0.25) is 4.79 Å². The molecule has 2 rings (SSSR count). The highest BCUT2D eigenvalue weighted by Gasteiger charge is 2.20. The van der Waals surface area contributed by atoms with Crippen molar-refractivity contribution < 1.29 is 9.53 Å². The Balaban J connectivity index is 2.05. The van der Waals surface area contributed by atoms with E-state index in [-0.39, 0.29) is 11.9 Å². The molecule has 2 aromatic rings. The van der Waals surface area contributed by atoms with Gasteiger partial charge in [0, 0.05) is 5.02 Å². The largest absolute Gasteiger partial charge is 0.481 e. The van der Waals surface area contributed by atoms with Crippen molar-refractivity contribution in [1.29, 1.82) is 0 Å². The van der Waals surface area contributed by atoms with Gasteiger partial charge in [0.15, 0.2) is 6.10 Å². The van der Waals surface area contributed by atoms with E-state index in [1.54, 1.807) is 31.2 Å². The molecule has 0 saturated heterocycles. The zero-order valence-electron chi connectivity index (χ0n) is 14.6. The molecule has 2 aromatic carbocycles. The quantitative estimate of drug-likeness (QED) is 0.800. The molecule has 0 saturated carbocycles. The zero-order valence-corrected chi connectivity index (χ0v) is 15.4. The van der Waals surface area contributed by atoms with E-state index in [0.29, 0.717) is 10.8 Å². The molecule has 0 bridgehead atoms. The number of carbonyl (C=O) groups excluding carboxylic acids is 1. The van der Waals surface area contributed by atoms with Gasteiger partial charge in [0.1, 0.15) is 5.75 Å². The summed E-state index contributed by atoms with van der Waals surface area (Å²) in [6, 6.07) is 13.3. The smallest absolute Gasteiger partial charge is 0.261 e. The standard InChI is InChI=1S/C20H24ClNO2/c1-5-19(18-10-9-13(2)11-14(18)3)22-20(23)15(4)24-17-8-6-7-16(21)12-17/h6-12,15,19H,5H2,1-4H3,(H,22,23)/t15-,19-/m1/s1. The first-order chi connectivity index (χ1) is 11.4. The number of benzene rings is 2. The molecule has 0 unspecified atom stereocenters. The summed E-state index contributed by atoms with van der Waals surface area (Å²) in [7, 11) is 0. The zero-order chi connectivity index (χ0) is 17.7. The van der Waals surface area contributed by atoms with E-state index < -0.39 is 6.10 Å². The first-order valence-corrected chi connectivity index (χ1v) is 8.58. The van der Waals surface area contributed by atoms with Crippen LogP contribution in [0.1, 0.15) is 43.0 Å². The van der Waals surface area contributed by atoms with Crippen LogP contribution in [0.5, 0.6) is 5.75 Å². The Kier molecular flexibility index (Phi) is 6.27. The fraction of sp³-hybridized carbons (Fsp3) is 0.350. The number of ether oxygens (including phenoxy) is 1. The normalized spacial score (nSPS) is 13.2. The van der Waals surface area contributed by atoms with Crippen LogP contribution in [0.2, 0.25) is 5.02 Å². The Bertz CT molecular complexity index is 715. The van der Waals surface area contributed by atoms with Crippen molar-refractivity contribution in [3.05, 3.63) is 64.2 Å². The lowest BCUT2D eigenvalue weighted by molar-refractivity contribution is -0.128. The number of amides is 1. The molecule has 1 amide bonds. The molecule has 0 aliphatic rings. The number of halogens is 1. The average Bonchev–Trinajstić information content (AvgIpc) is 2.53. The van der Waals surface area contributed by atoms with Crippen molar-refractivity contribution in [1.82, 2.24) is 5.32 Å². The monoisotopic (exact) mass is 345 g/mol. The van der Waals surface area contributed by atoms with Gasteiger partial charge < -0.3 is 10.1 Å². The average molecular weight is 346 g/mol. The Hall–Kier alpha value is -2.00. The molecule has 0 heterocycles.